The number of carbonyl (C=O) groups is 1. The van der Waals surface area contributed by atoms with Crippen molar-refractivity contribution in [1.82, 2.24) is 4.90 Å². The number of rotatable bonds is 3. The topological polar surface area (TPSA) is 53.0 Å². The molecule has 0 aliphatic carbocycles. The molecule has 1 N–H and O–H groups in total. The third-order valence-electron chi connectivity index (χ3n) is 5.95. The second kappa shape index (κ2) is 6.53. The van der Waals surface area contributed by atoms with Crippen molar-refractivity contribution < 1.29 is 14.6 Å². The van der Waals surface area contributed by atoms with Crippen LogP contribution in [0.25, 0.3) is 0 Å². The van der Waals surface area contributed by atoms with Crippen molar-refractivity contribution in [2.24, 2.45) is 0 Å². The highest BCUT2D eigenvalue weighted by molar-refractivity contribution is 9.10. The van der Waals surface area contributed by atoms with Gasteiger partial charge < -0.3 is 14.7 Å². The quantitative estimate of drug-likeness (QED) is 0.585. The number of aromatic hydroxyl groups is 1. The third kappa shape index (κ3) is 2.74. The molecule has 27 heavy (non-hydrogen) atoms. The van der Waals surface area contributed by atoms with Gasteiger partial charge in [-0.05, 0) is 58.7 Å². The molecule has 0 amide bonds. The first-order valence-corrected chi connectivity index (χ1v) is 9.97. The van der Waals surface area contributed by atoms with Crippen LogP contribution >= 0.6 is 15.9 Å². The zero-order chi connectivity index (χ0) is 19.3. The summed E-state index contributed by atoms with van der Waals surface area (Å²) in [5, 5.41) is 9.90. The average molecular weight is 431 g/mol. The molecular weight excluding hydrogens is 408 g/mol. The lowest BCUT2D eigenvalue weighted by atomic mass is 9.81. The Balaban J connectivity index is 1.71. The maximum absolute atomic E-state index is 12.5. The van der Waals surface area contributed by atoms with Gasteiger partial charge in [0.15, 0.2) is 0 Å². The van der Waals surface area contributed by atoms with Gasteiger partial charge in [0.25, 0.3) is 0 Å². The molecule has 2 atom stereocenters. The van der Waals surface area contributed by atoms with Gasteiger partial charge in [-0.3, -0.25) is 4.90 Å². The summed E-state index contributed by atoms with van der Waals surface area (Å²) in [5.41, 5.74) is 2.50. The van der Waals surface area contributed by atoms with Gasteiger partial charge in [0.2, 0.25) is 0 Å². The average Bonchev–Trinajstić information content (AvgIpc) is 3.08. The van der Waals surface area contributed by atoms with Gasteiger partial charge in [0.1, 0.15) is 17.1 Å². The van der Waals surface area contributed by atoms with Crippen LogP contribution in [0, 0.1) is 0 Å². The second-order valence-electron chi connectivity index (χ2n) is 7.49. The molecule has 1 fully saturated rings. The number of phenols is 1. The van der Waals surface area contributed by atoms with Crippen LogP contribution in [0.1, 0.15) is 36.2 Å². The Bertz CT molecular complexity index is 916. The van der Waals surface area contributed by atoms with Crippen LogP contribution in [0.2, 0.25) is 0 Å². The van der Waals surface area contributed by atoms with Gasteiger partial charge in [-0.25, -0.2) is 4.79 Å². The SMILES string of the molecule is CCN1CCC2(C)c3cc(OC(=O)c4ccccc4O)cc(Br)c3N(C)C12. The van der Waals surface area contributed by atoms with E-state index in [2.05, 4.69) is 46.6 Å². The summed E-state index contributed by atoms with van der Waals surface area (Å²) < 4.78 is 6.52. The molecule has 2 aromatic rings. The molecule has 2 aromatic carbocycles. The van der Waals surface area contributed by atoms with Crippen molar-refractivity contribution in [2.45, 2.75) is 31.8 Å². The summed E-state index contributed by atoms with van der Waals surface area (Å²) >= 11 is 3.67. The Hall–Kier alpha value is -2.05. The highest BCUT2D eigenvalue weighted by Gasteiger charge is 2.53. The van der Waals surface area contributed by atoms with E-state index >= 15 is 0 Å². The molecule has 2 unspecified atom stereocenters. The first kappa shape index (κ1) is 18.3. The Morgan fingerprint density at radius 1 is 1.37 bits per heavy atom. The molecule has 2 aliphatic rings. The predicted octanol–water partition coefficient (Wildman–Crippen LogP) is 4.13. The lowest BCUT2D eigenvalue weighted by molar-refractivity contribution is 0.0731. The maximum atomic E-state index is 12.5. The van der Waals surface area contributed by atoms with Crippen LogP contribution in [0.3, 0.4) is 0 Å². The van der Waals surface area contributed by atoms with Crippen LogP contribution in [0.5, 0.6) is 11.5 Å². The van der Waals surface area contributed by atoms with Crippen molar-refractivity contribution in [1.29, 1.82) is 0 Å². The smallest absolute Gasteiger partial charge is 0.347 e. The van der Waals surface area contributed by atoms with E-state index < -0.39 is 5.97 Å². The minimum Gasteiger partial charge on any atom is -0.507 e. The number of carbonyl (C=O) groups excluding carboxylic acids is 1. The fraction of sp³-hybridized carbons (Fsp3) is 0.381. The van der Waals surface area contributed by atoms with E-state index in [-0.39, 0.29) is 16.7 Å². The Kier molecular flexibility index (Phi) is 4.43. The largest absolute Gasteiger partial charge is 0.507 e. The number of hydrogen-bond donors (Lipinski definition) is 1. The first-order valence-electron chi connectivity index (χ1n) is 9.18. The number of anilines is 1. The van der Waals surface area contributed by atoms with E-state index in [4.69, 9.17) is 4.74 Å². The number of halogens is 1. The van der Waals surface area contributed by atoms with Crippen LogP contribution < -0.4 is 9.64 Å². The van der Waals surface area contributed by atoms with Crippen LogP contribution in [-0.2, 0) is 5.41 Å². The number of ether oxygens (including phenoxy) is 1. The minimum absolute atomic E-state index is 0.0140. The lowest BCUT2D eigenvalue weighted by Crippen LogP contribution is -2.47. The van der Waals surface area contributed by atoms with E-state index in [1.54, 1.807) is 18.2 Å². The van der Waals surface area contributed by atoms with Gasteiger partial charge in [-0.15, -0.1) is 0 Å². The van der Waals surface area contributed by atoms with E-state index in [0.717, 1.165) is 29.7 Å². The number of esters is 1. The van der Waals surface area contributed by atoms with Crippen molar-refractivity contribution in [3.63, 3.8) is 0 Å². The maximum Gasteiger partial charge on any atom is 0.347 e. The molecule has 0 saturated carbocycles. The van der Waals surface area contributed by atoms with Crippen molar-refractivity contribution in [3.05, 3.63) is 52.0 Å². The Morgan fingerprint density at radius 3 is 2.81 bits per heavy atom. The van der Waals surface area contributed by atoms with Gasteiger partial charge in [0.05, 0.1) is 11.9 Å². The third-order valence-corrected chi connectivity index (χ3v) is 6.55. The molecule has 0 aromatic heterocycles. The molecule has 0 bridgehead atoms. The summed E-state index contributed by atoms with van der Waals surface area (Å²) in [6.45, 7) is 6.54. The van der Waals surface area contributed by atoms with E-state index in [0.29, 0.717) is 11.9 Å². The number of para-hydroxylation sites is 1. The molecule has 0 radical (unpaired) electrons. The molecule has 2 heterocycles. The summed E-state index contributed by atoms with van der Waals surface area (Å²) in [5.74, 6) is -0.155. The Morgan fingerprint density at radius 2 is 2.11 bits per heavy atom. The number of hydrogen-bond acceptors (Lipinski definition) is 5. The molecular formula is C21H23BrN2O3. The minimum atomic E-state index is -0.561. The molecule has 4 rings (SSSR count). The molecule has 142 valence electrons. The van der Waals surface area contributed by atoms with Crippen molar-refractivity contribution in [3.8, 4) is 11.5 Å². The van der Waals surface area contributed by atoms with Gasteiger partial charge >= 0.3 is 5.97 Å². The summed E-state index contributed by atoms with van der Waals surface area (Å²) in [7, 11) is 2.13. The standard InChI is InChI=1S/C21H23BrN2O3/c1-4-24-10-9-21(2)15-11-13(12-16(22)18(15)23(3)20(21)24)27-19(26)14-7-5-6-8-17(14)25/h5-8,11-12,20,25H,4,9-10H2,1-3H3. The van der Waals surface area contributed by atoms with Crippen molar-refractivity contribution >= 4 is 27.6 Å². The van der Waals surface area contributed by atoms with E-state index in [1.807, 2.05) is 12.1 Å². The second-order valence-corrected chi connectivity index (χ2v) is 8.34. The number of nitrogens with zero attached hydrogens (tertiary/aromatic N) is 2. The summed E-state index contributed by atoms with van der Waals surface area (Å²) in [4.78, 5) is 17.3. The van der Waals surface area contributed by atoms with Crippen molar-refractivity contribution in [2.75, 3.05) is 25.0 Å². The fourth-order valence-corrected chi connectivity index (χ4v) is 5.38. The highest BCUT2D eigenvalue weighted by Crippen LogP contribution is 2.54. The number of benzene rings is 2. The van der Waals surface area contributed by atoms with Crippen LogP contribution in [0.15, 0.2) is 40.9 Å². The van der Waals surface area contributed by atoms with E-state index in [9.17, 15) is 9.90 Å². The van der Waals surface area contributed by atoms with Crippen LogP contribution in [0.4, 0.5) is 5.69 Å². The molecule has 2 aliphatic heterocycles. The first-order chi connectivity index (χ1) is 12.9. The number of phenolic OH excluding ortho intramolecular Hbond substituents is 1. The molecule has 6 heteroatoms. The predicted molar refractivity (Wildman–Crippen MR) is 109 cm³/mol. The lowest BCUT2D eigenvalue weighted by Gasteiger charge is -2.34. The van der Waals surface area contributed by atoms with Crippen LogP contribution in [-0.4, -0.2) is 42.3 Å². The van der Waals surface area contributed by atoms with Gasteiger partial charge in [0, 0.05) is 23.5 Å². The number of likely N-dealkylation sites (N-methyl/N-ethyl adjacent to an activating group) is 2. The molecule has 0 spiro atoms. The normalized spacial score (nSPS) is 24.0. The van der Waals surface area contributed by atoms with Gasteiger partial charge in [-0.1, -0.05) is 26.0 Å². The monoisotopic (exact) mass is 430 g/mol. The fourth-order valence-electron chi connectivity index (χ4n) is 4.66. The zero-order valence-corrected chi connectivity index (χ0v) is 17.3. The summed E-state index contributed by atoms with van der Waals surface area (Å²) in [6.07, 6.45) is 1.37. The molecule has 5 nitrogen and oxygen atoms in total. The highest BCUT2D eigenvalue weighted by atomic mass is 79.9. The van der Waals surface area contributed by atoms with Gasteiger partial charge in [-0.2, -0.15) is 0 Å². The molecule has 1 saturated heterocycles. The van der Waals surface area contributed by atoms with E-state index in [1.165, 1.54) is 11.6 Å². The number of fused-ring (bicyclic) bond motifs is 3. The Labute approximate surface area is 167 Å². The zero-order valence-electron chi connectivity index (χ0n) is 15.7. The summed E-state index contributed by atoms with van der Waals surface area (Å²) in [6, 6.07) is 10.2. The number of likely N-dealkylation sites (tertiary alicyclic amines) is 1.